The first-order chi connectivity index (χ1) is 7.25. The van der Waals surface area contributed by atoms with E-state index in [1.807, 2.05) is 4.90 Å². The molecule has 2 fully saturated rings. The van der Waals surface area contributed by atoms with E-state index >= 15 is 0 Å². The van der Waals surface area contributed by atoms with Gasteiger partial charge in [-0.2, -0.15) is 0 Å². The van der Waals surface area contributed by atoms with Gasteiger partial charge in [-0.1, -0.05) is 12.2 Å². The molecule has 2 saturated heterocycles. The molecule has 3 nitrogen and oxygen atoms in total. The number of ether oxygens (including phenoxy) is 1. The SMILES string of the molecule is C=C1CCCN(C(=O)C[C@@H]2CCCO2)C1. The molecule has 0 aromatic rings. The van der Waals surface area contributed by atoms with Crippen molar-refractivity contribution in [3.63, 3.8) is 0 Å². The summed E-state index contributed by atoms with van der Waals surface area (Å²) in [5.74, 6) is 0.239. The van der Waals surface area contributed by atoms with E-state index in [2.05, 4.69) is 6.58 Å². The van der Waals surface area contributed by atoms with Gasteiger partial charge in [0.1, 0.15) is 0 Å². The van der Waals surface area contributed by atoms with Gasteiger partial charge >= 0.3 is 0 Å². The molecule has 2 aliphatic rings. The van der Waals surface area contributed by atoms with Gasteiger partial charge in [-0.05, 0) is 25.7 Å². The lowest BCUT2D eigenvalue weighted by Crippen LogP contribution is -2.38. The monoisotopic (exact) mass is 209 g/mol. The molecule has 1 amide bonds. The lowest BCUT2D eigenvalue weighted by molar-refractivity contribution is -0.133. The van der Waals surface area contributed by atoms with Crippen molar-refractivity contribution in [3.8, 4) is 0 Å². The lowest BCUT2D eigenvalue weighted by atomic mass is 10.1. The molecule has 1 atom stereocenters. The number of nitrogens with zero attached hydrogens (tertiary/aromatic N) is 1. The van der Waals surface area contributed by atoms with Crippen LogP contribution in [-0.4, -0.2) is 36.6 Å². The van der Waals surface area contributed by atoms with Gasteiger partial charge in [0, 0.05) is 19.7 Å². The Balaban J connectivity index is 1.81. The van der Waals surface area contributed by atoms with Crippen molar-refractivity contribution in [2.24, 2.45) is 0 Å². The van der Waals surface area contributed by atoms with Crippen LogP contribution in [0.3, 0.4) is 0 Å². The highest BCUT2D eigenvalue weighted by Gasteiger charge is 2.24. The Labute approximate surface area is 91.1 Å². The van der Waals surface area contributed by atoms with Gasteiger partial charge in [0.15, 0.2) is 0 Å². The number of carbonyl (C=O) groups excluding carboxylic acids is 1. The Morgan fingerprint density at radius 2 is 2.40 bits per heavy atom. The van der Waals surface area contributed by atoms with Crippen LogP contribution in [0, 0.1) is 0 Å². The molecule has 2 rings (SSSR count). The minimum absolute atomic E-state index is 0.174. The molecule has 0 saturated carbocycles. The van der Waals surface area contributed by atoms with Crippen LogP contribution in [0.25, 0.3) is 0 Å². The van der Waals surface area contributed by atoms with Crippen molar-refractivity contribution in [3.05, 3.63) is 12.2 Å². The first kappa shape index (κ1) is 10.7. The van der Waals surface area contributed by atoms with Crippen LogP contribution in [0.15, 0.2) is 12.2 Å². The maximum absolute atomic E-state index is 11.9. The van der Waals surface area contributed by atoms with Crippen LogP contribution in [0.4, 0.5) is 0 Å². The van der Waals surface area contributed by atoms with Crippen LogP contribution in [0.2, 0.25) is 0 Å². The van der Waals surface area contributed by atoms with Crippen molar-refractivity contribution >= 4 is 5.91 Å². The summed E-state index contributed by atoms with van der Waals surface area (Å²) < 4.78 is 5.47. The van der Waals surface area contributed by atoms with Gasteiger partial charge in [-0.3, -0.25) is 4.79 Å². The number of carbonyl (C=O) groups is 1. The average Bonchev–Trinajstić information content (AvgIpc) is 2.70. The normalized spacial score (nSPS) is 27.1. The summed E-state index contributed by atoms with van der Waals surface area (Å²) in [5, 5.41) is 0. The van der Waals surface area contributed by atoms with E-state index in [1.54, 1.807) is 0 Å². The number of likely N-dealkylation sites (tertiary alicyclic amines) is 1. The summed E-state index contributed by atoms with van der Waals surface area (Å²) in [6, 6.07) is 0. The minimum atomic E-state index is 0.174. The number of rotatable bonds is 2. The summed E-state index contributed by atoms with van der Waals surface area (Å²) in [5.41, 5.74) is 1.18. The van der Waals surface area contributed by atoms with Gasteiger partial charge in [0.25, 0.3) is 0 Å². The van der Waals surface area contributed by atoms with E-state index in [4.69, 9.17) is 4.74 Å². The van der Waals surface area contributed by atoms with E-state index in [-0.39, 0.29) is 12.0 Å². The topological polar surface area (TPSA) is 29.5 Å². The molecular weight excluding hydrogens is 190 g/mol. The highest BCUT2D eigenvalue weighted by atomic mass is 16.5. The van der Waals surface area contributed by atoms with E-state index in [1.165, 1.54) is 5.57 Å². The highest BCUT2D eigenvalue weighted by Crippen LogP contribution is 2.19. The third kappa shape index (κ3) is 2.81. The van der Waals surface area contributed by atoms with E-state index in [0.717, 1.165) is 45.4 Å². The number of hydrogen-bond acceptors (Lipinski definition) is 2. The zero-order chi connectivity index (χ0) is 10.7. The number of piperidine rings is 1. The molecule has 0 aromatic carbocycles. The lowest BCUT2D eigenvalue weighted by Gasteiger charge is -2.29. The van der Waals surface area contributed by atoms with Crippen LogP contribution in [-0.2, 0) is 9.53 Å². The smallest absolute Gasteiger partial charge is 0.225 e. The molecule has 0 radical (unpaired) electrons. The van der Waals surface area contributed by atoms with Crippen LogP contribution in [0.5, 0.6) is 0 Å². The largest absolute Gasteiger partial charge is 0.378 e. The molecule has 84 valence electrons. The molecule has 2 aliphatic heterocycles. The molecule has 0 aliphatic carbocycles. The van der Waals surface area contributed by atoms with Crippen LogP contribution >= 0.6 is 0 Å². The second kappa shape index (κ2) is 4.79. The van der Waals surface area contributed by atoms with Gasteiger partial charge in [0.05, 0.1) is 12.5 Å². The van der Waals surface area contributed by atoms with Gasteiger partial charge in [-0.25, -0.2) is 0 Å². The minimum Gasteiger partial charge on any atom is -0.378 e. The molecule has 0 spiro atoms. The Bertz CT molecular complexity index is 256. The van der Waals surface area contributed by atoms with Crippen molar-refractivity contribution in [1.29, 1.82) is 0 Å². The van der Waals surface area contributed by atoms with Crippen molar-refractivity contribution in [1.82, 2.24) is 4.90 Å². The Morgan fingerprint density at radius 1 is 1.53 bits per heavy atom. The maximum atomic E-state index is 11.9. The molecular formula is C12H19NO2. The summed E-state index contributed by atoms with van der Waals surface area (Å²) in [7, 11) is 0. The Hall–Kier alpha value is -0.830. The second-order valence-electron chi connectivity index (χ2n) is 4.51. The van der Waals surface area contributed by atoms with Crippen LogP contribution < -0.4 is 0 Å². The molecule has 3 heteroatoms. The number of hydrogen-bond donors (Lipinski definition) is 0. The quantitative estimate of drug-likeness (QED) is 0.648. The summed E-state index contributed by atoms with van der Waals surface area (Å²) >= 11 is 0. The fourth-order valence-corrected chi connectivity index (χ4v) is 2.29. The van der Waals surface area contributed by atoms with E-state index in [9.17, 15) is 4.79 Å². The third-order valence-electron chi connectivity index (χ3n) is 3.15. The standard InChI is InChI=1S/C12H19NO2/c1-10-4-2-6-13(9-10)12(14)8-11-5-3-7-15-11/h11H,1-9H2/t11-/m0/s1. The fourth-order valence-electron chi connectivity index (χ4n) is 2.29. The van der Waals surface area contributed by atoms with Crippen LogP contribution in [0.1, 0.15) is 32.1 Å². The molecule has 0 unspecified atom stereocenters. The van der Waals surface area contributed by atoms with Gasteiger partial charge in [-0.15, -0.1) is 0 Å². The summed E-state index contributed by atoms with van der Waals surface area (Å²) in [4.78, 5) is 13.8. The zero-order valence-corrected chi connectivity index (χ0v) is 9.21. The van der Waals surface area contributed by atoms with E-state index < -0.39 is 0 Å². The Kier molecular flexibility index (Phi) is 3.41. The predicted octanol–water partition coefficient (Wildman–Crippen LogP) is 1.73. The summed E-state index contributed by atoms with van der Waals surface area (Å²) in [6.45, 7) is 6.43. The first-order valence-corrected chi connectivity index (χ1v) is 5.82. The van der Waals surface area contributed by atoms with E-state index in [0.29, 0.717) is 6.42 Å². The first-order valence-electron chi connectivity index (χ1n) is 5.82. The van der Waals surface area contributed by atoms with Crippen molar-refractivity contribution in [2.45, 2.75) is 38.2 Å². The Morgan fingerprint density at radius 3 is 3.07 bits per heavy atom. The van der Waals surface area contributed by atoms with Gasteiger partial charge in [0.2, 0.25) is 5.91 Å². The predicted molar refractivity (Wildman–Crippen MR) is 58.5 cm³/mol. The molecule has 15 heavy (non-hydrogen) atoms. The zero-order valence-electron chi connectivity index (χ0n) is 9.21. The maximum Gasteiger partial charge on any atom is 0.225 e. The second-order valence-corrected chi connectivity index (χ2v) is 4.51. The molecule has 0 N–H and O–H groups in total. The van der Waals surface area contributed by atoms with Crippen molar-refractivity contribution in [2.75, 3.05) is 19.7 Å². The summed E-state index contributed by atoms with van der Waals surface area (Å²) in [6.07, 6.45) is 5.02. The number of amides is 1. The van der Waals surface area contributed by atoms with Gasteiger partial charge < -0.3 is 9.64 Å². The molecule has 2 heterocycles. The average molecular weight is 209 g/mol. The highest BCUT2D eigenvalue weighted by molar-refractivity contribution is 5.77. The molecule has 0 aromatic heterocycles. The van der Waals surface area contributed by atoms with Crippen molar-refractivity contribution < 1.29 is 9.53 Å². The third-order valence-corrected chi connectivity index (χ3v) is 3.15. The fraction of sp³-hybridized carbons (Fsp3) is 0.750. The molecule has 0 bridgehead atoms.